The summed E-state index contributed by atoms with van der Waals surface area (Å²) in [7, 11) is 0. The molecule has 3 aliphatic carbocycles. The highest BCUT2D eigenvalue weighted by atomic mass is 16.7. The standard InChI is InChI=1S/C26H32O6/c1-22(2)16-12-18(28)25(5)15(23(16,3)9-7-17(22)27)6-10-24(4)19(14-8-11-30-13-14)31-21(29)20-26(24,25)32-20/h8,11,13,15-16,19-20H,6-7,9-10,12H2,1-5H3/t15-,16+,19+,20-,23-,24+,25+,26-/m1/s1. The summed E-state index contributed by atoms with van der Waals surface area (Å²) in [4.78, 5) is 40.0. The van der Waals surface area contributed by atoms with Crippen molar-refractivity contribution >= 4 is 17.5 Å². The maximum absolute atomic E-state index is 14.1. The van der Waals surface area contributed by atoms with Crippen LogP contribution in [-0.2, 0) is 23.9 Å². The van der Waals surface area contributed by atoms with Gasteiger partial charge in [0.05, 0.1) is 17.9 Å². The predicted molar refractivity (Wildman–Crippen MR) is 113 cm³/mol. The minimum atomic E-state index is -0.878. The number of furan rings is 1. The summed E-state index contributed by atoms with van der Waals surface area (Å²) in [5, 5.41) is 0. The van der Waals surface area contributed by atoms with Crippen LogP contribution in [0.5, 0.6) is 0 Å². The summed E-state index contributed by atoms with van der Waals surface area (Å²) in [6.07, 6.45) is 5.35. The Hall–Kier alpha value is -1.95. The van der Waals surface area contributed by atoms with E-state index in [-0.39, 0.29) is 34.8 Å². The Morgan fingerprint density at radius 2 is 1.69 bits per heavy atom. The molecule has 3 saturated carbocycles. The average Bonchev–Trinajstić information content (AvgIpc) is 3.30. The van der Waals surface area contributed by atoms with Gasteiger partial charge in [0.2, 0.25) is 0 Å². The summed E-state index contributed by atoms with van der Waals surface area (Å²) in [6, 6.07) is 1.84. The molecule has 1 aromatic rings. The van der Waals surface area contributed by atoms with Crippen LogP contribution in [0.25, 0.3) is 0 Å². The molecule has 2 saturated heterocycles. The largest absolute Gasteiger partial charge is 0.472 e. The Kier molecular flexibility index (Phi) is 3.71. The monoisotopic (exact) mass is 440 g/mol. The lowest BCUT2D eigenvalue weighted by atomic mass is 9.35. The van der Waals surface area contributed by atoms with E-state index in [1.807, 2.05) is 26.8 Å². The average molecular weight is 441 g/mol. The number of hydrogen-bond donors (Lipinski definition) is 0. The van der Waals surface area contributed by atoms with Gasteiger partial charge in [0.1, 0.15) is 23.3 Å². The normalized spacial score (nSPS) is 51.1. The smallest absolute Gasteiger partial charge is 0.339 e. The predicted octanol–water partition coefficient (Wildman–Crippen LogP) is 4.42. The number of fused-ring (bicyclic) bond motifs is 3. The third-order valence-electron chi connectivity index (χ3n) is 10.8. The molecule has 6 heteroatoms. The third-order valence-corrected chi connectivity index (χ3v) is 10.8. The van der Waals surface area contributed by atoms with E-state index in [4.69, 9.17) is 13.9 Å². The molecule has 0 aromatic carbocycles. The number of rotatable bonds is 1. The molecule has 2 aliphatic heterocycles. The summed E-state index contributed by atoms with van der Waals surface area (Å²) >= 11 is 0. The molecule has 32 heavy (non-hydrogen) atoms. The van der Waals surface area contributed by atoms with Gasteiger partial charge in [-0.1, -0.05) is 27.7 Å². The minimum Gasteiger partial charge on any atom is -0.472 e. The summed E-state index contributed by atoms with van der Waals surface area (Å²) in [6.45, 7) is 10.5. The van der Waals surface area contributed by atoms with Crippen LogP contribution in [0.4, 0.5) is 0 Å². The molecule has 5 aliphatic rings. The minimum absolute atomic E-state index is 0.0139. The molecule has 0 bridgehead atoms. The third kappa shape index (κ3) is 1.97. The Morgan fingerprint density at radius 1 is 0.938 bits per heavy atom. The molecule has 172 valence electrons. The van der Waals surface area contributed by atoms with Gasteiger partial charge < -0.3 is 13.9 Å². The number of Topliss-reactive ketones (excluding diaryl/α,β-unsaturated/α-hetero) is 2. The molecule has 0 amide bonds. The van der Waals surface area contributed by atoms with E-state index in [1.165, 1.54) is 0 Å². The van der Waals surface area contributed by atoms with E-state index in [9.17, 15) is 14.4 Å². The maximum Gasteiger partial charge on any atom is 0.339 e. The van der Waals surface area contributed by atoms with E-state index in [0.717, 1.165) is 24.8 Å². The Balaban J connectivity index is 1.51. The van der Waals surface area contributed by atoms with Crippen molar-refractivity contribution in [1.29, 1.82) is 0 Å². The number of ether oxygens (including phenoxy) is 2. The number of hydrogen-bond acceptors (Lipinski definition) is 6. The quantitative estimate of drug-likeness (QED) is 0.475. The van der Waals surface area contributed by atoms with Crippen molar-refractivity contribution in [2.45, 2.75) is 84.5 Å². The number of ketones is 2. The first-order chi connectivity index (χ1) is 14.9. The first-order valence-electron chi connectivity index (χ1n) is 11.9. The fraction of sp³-hybridized carbons (Fsp3) is 0.731. The van der Waals surface area contributed by atoms with E-state index in [0.29, 0.717) is 12.8 Å². The number of carbonyl (C=O) groups excluding carboxylic acids is 3. The van der Waals surface area contributed by atoms with E-state index < -0.39 is 34.1 Å². The van der Waals surface area contributed by atoms with Gasteiger partial charge in [0, 0.05) is 29.2 Å². The van der Waals surface area contributed by atoms with Crippen molar-refractivity contribution in [1.82, 2.24) is 0 Å². The van der Waals surface area contributed by atoms with Crippen molar-refractivity contribution in [3.05, 3.63) is 24.2 Å². The molecule has 8 atom stereocenters. The fourth-order valence-electron chi connectivity index (χ4n) is 9.05. The van der Waals surface area contributed by atoms with Crippen LogP contribution in [-0.4, -0.2) is 29.2 Å². The van der Waals surface area contributed by atoms with E-state index >= 15 is 0 Å². The van der Waals surface area contributed by atoms with Gasteiger partial charge in [-0.3, -0.25) is 9.59 Å². The summed E-state index contributed by atoms with van der Waals surface area (Å²) in [5.74, 6) is 0.0937. The molecular formula is C26H32O6. The van der Waals surface area contributed by atoms with Gasteiger partial charge in [0.15, 0.2) is 6.10 Å². The highest BCUT2D eigenvalue weighted by molar-refractivity contribution is 5.94. The lowest BCUT2D eigenvalue weighted by Gasteiger charge is -2.67. The van der Waals surface area contributed by atoms with Gasteiger partial charge >= 0.3 is 5.97 Å². The topological polar surface area (TPSA) is 86.1 Å². The maximum atomic E-state index is 14.1. The molecule has 0 N–H and O–H groups in total. The van der Waals surface area contributed by atoms with Gasteiger partial charge in [-0.05, 0) is 49.5 Å². The second kappa shape index (κ2) is 5.75. The molecule has 1 spiro atoms. The molecule has 0 radical (unpaired) electrons. The Morgan fingerprint density at radius 3 is 2.38 bits per heavy atom. The van der Waals surface area contributed by atoms with E-state index in [1.54, 1.807) is 12.5 Å². The number of epoxide rings is 1. The second-order valence-electron chi connectivity index (χ2n) is 12.1. The number of carbonyl (C=O) groups is 3. The zero-order valence-electron chi connectivity index (χ0n) is 19.5. The van der Waals surface area contributed by atoms with Crippen LogP contribution in [0.3, 0.4) is 0 Å². The first-order valence-corrected chi connectivity index (χ1v) is 11.9. The van der Waals surface area contributed by atoms with Crippen LogP contribution in [0.2, 0.25) is 0 Å². The highest BCUT2D eigenvalue weighted by Crippen LogP contribution is 2.79. The zero-order valence-corrected chi connectivity index (χ0v) is 19.5. The fourth-order valence-corrected chi connectivity index (χ4v) is 9.05. The van der Waals surface area contributed by atoms with Crippen molar-refractivity contribution in [2.75, 3.05) is 0 Å². The van der Waals surface area contributed by atoms with Gasteiger partial charge in [-0.2, -0.15) is 0 Å². The Bertz CT molecular complexity index is 1040. The van der Waals surface area contributed by atoms with Crippen molar-refractivity contribution in [3.8, 4) is 0 Å². The molecular weight excluding hydrogens is 408 g/mol. The van der Waals surface area contributed by atoms with Crippen LogP contribution >= 0.6 is 0 Å². The van der Waals surface area contributed by atoms with Gasteiger partial charge in [0.25, 0.3) is 0 Å². The second-order valence-corrected chi connectivity index (χ2v) is 12.1. The molecule has 0 unspecified atom stereocenters. The lowest BCUT2D eigenvalue weighted by Crippen LogP contribution is -2.71. The SMILES string of the molecule is CC1(C)C(=O)CC[C@]2(C)[C@H]3CC[C@@]4(C)[C@H](c5ccoc5)OC(=O)[C@H]5O[C@]54[C@]3(C)C(=O)C[C@@H]12. The molecule has 3 heterocycles. The summed E-state index contributed by atoms with van der Waals surface area (Å²) < 4.78 is 17.6. The zero-order chi connectivity index (χ0) is 22.9. The van der Waals surface area contributed by atoms with Crippen LogP contribution < -0.4 is 0 Å². The Labute approximate surface area is 188 Å². The van der Waals surface area contributed by atoms with Crippen molar-refractivity contribution in [3.63, 3.8) is 0 Å². The molecule has 6 rings (SSSR count). The van der Waals surface area contributed by atoms with Gasteiger partial charge in [-0.15, -0.1) is 0 Å². The van der Waals surface area contributed by atoms with Crippen molar-refractivity contribution in [2.24, 2.45) is 33.5 Å². The summed E-state index contributed by atoms with van der Waals surface area (Å²) in [5.41, 5.74) is -2.06. The van der Waals surface area contributed by atoms with Crippen LogP contribution in [0.15, 0.2) is 23.0 Å². The van der Waals surface area contributed by atoms with Crippen LogP contribution in [0.1, 0.15) is 78.4 Å². The first kappa shape index (κ1) is 20.6. The molecule has 5 fully saturated rings. The van der Waals surface area contributed by atoms with Crippen LogP contribution in [0, 0.1) is 33.5 Å². The van der Waals surface area contributed by atoms with Crippen molar-refractivity contribution < 1.29 is 28.3 Å². The van der Waals surface area contributed by atoms with Gasteiger partial charge in [-0.25, -0.2) is 4.79 Å². The van der Waals surface area contributed by atoms with E-state index in [2.05, 4.69) is 13.8 Å². The highest BCUT2D eigenvalue weighted by Gasteiger charge is 2.88. The molecule has 1 aromatic heterocycles. The number of cyclic esters (lactones) is 1. The lowest BCUT2D eigenvalue weighted by molar-refractivity contribution is -0.220. The number of esters is 1. The molecule has 6 nitrogen and oxygen atoms in total.